The minimum Gasteiger partial charge on any atom is -0.481 e. The fourth-order valence-electron chi connectivity index (χ4n) is 3.18. The number of halogens is 1. The molecule has 3 rings (SSSR count). The molecule has 1 unspecified atom stereocenters. The maximum Gasteiger partial charge on any atom is 0.267 e. The second-order valence-corrected chi connectivity index (χ2v) is 7.26. The summed E-state index contributed by atoms with van der Waals surface area (Å²) in [7, 11) is 0. The molecule has 5 nitrogen and oxygen atoms in total. The van der Waals surface area contributed by atoms with Gasteiger partial charge in [-0.3, -0.25) is 0 Å². The Kier molecular flexibility index (Phi) is 6.12. The van der Waals surface area contributed by atoms with Crippen molar-refractivity contribution >= 4 is 12.4 Å². The van der Waals surface area contributed by atoms with Crippen LogP contribution in [0.5, 0.6) is 5.75 Å². The SMILES string of the molecule is Cc1ccc(C(C)C)cc1OC(C)c1nc(C2(N)CCCC2)no1.Cl. The highest BCUT2D eigenvalue weighted by molar-refractivity contribution is 5.85. The third kappa shape index (κ3) is 4.15. The van der Waals surface area contributed by atoms with Crippen LogP contribution in [0.3, 0.4) is 0 Å². The summed E-state index contributed by atoms with van der Waals surface area (Å²) in [6.45, 7) is 8.31. The number of aryl methyl sites for hydroxylation is 1. The van der Waals surface area contributed by atoms with Gasteiger partial charge < -0.3 is 15.0 Å². The Morgan fingerprint density at radius 1 is 1.20 bits per heavy atom. The highest BCUT2D eigenvalue weighted by Crippen LogP contribution is 2.35. The molecular formula is C19H28ClN3O2. The van der Waals surface area contributed by atoms with E-state index >= 15 is 0 Å². The van der Waals surface area contributed by atoms with Crippen LogP contribution < -0.4 is 10.5 Å². The van der Waals surface area contributed by atoms with E-state index in [9.17, 15) is 0 Å². The predicted octanol–water partition coefficient (Wildman–Crippen LogP) is 4.79. The van der Waals surface area contributed by atoms with Crippen molar-refractivity contribution in [2.45, 2.75) is 70.9 Å². The lowest BCUT2D eigenvalue weighted by Gasteiger charge is -2.18. The molecule has 1 aliphatic carbocycles. The Balaban J connectivity index is 0.00000225. The van der Waals surface area contributed by atoms with Gasteiger partial charge in [0.1, 0.15) is 5.75 Å². The van der Waals surface area contributed by atoms with Gasteiger partial charge in [-0.25, -0.2) is 0 Å². The van der Waals surface area contributed by atoms with Crippen LogP contribution in [0.15, 0.2) is 22.7 Å². The van der Waals surface area contributed by atoms with Gasteiger partial charge in [0.2, 0.25) is 0 Å². The number of nitrogens with zero attached hydrogens (tertiary/aromatic N) is 2. The zero-order chi connectivity index (χ0) is 17.3. The summed E-state index contributed by atoms with van der Waals surface area (Å²) in [5.74, 6) is 2.41. The molecule has 2 aromatic rings. The van der Waals surface area contributed by atoms with Crippen molar-refractivity contribution in [3.8, 4) is 5.75 Å². The summed E-state index contributed by atoms with van der Waals surface area (Å²) >= 11 is 0. The highest BCUT2D eigenvalue weighted by atomic mass is 35.5. The average Bonchev–Trinajstić information content (AvgIpc) is 3.19. The van der Waals surface area contributed by atoms with Crippen molar-refractivity contribution in [3.05, 3.63) is 41.0 Å². The lowest BCUT2D eigenvalue weighted by atomic mass is 9.99. The summed E-state index contributed by atoms with van der Waals surface area (Å²) in [6.07, 6.45) is 3.76. The van der Waals surface area contributed by atoms with E-state index in [0.717, 1.165) is 37.0 Å². The molecule has 2 N–H and O–H groups in total. The Morgan fingerprint density at radius 2 is 1.88 bits per heavy atom. The molecule has 1 aromatic carbocycles. The van der Waals surface area contributed by atoms with Crippen LogP contribution in [0.1, 0.15) is 81.3 Å². The molecule has 1 saturated carbocycles. The first-order valence-electron chi connectivity index (χ1n) is 8.79. The number of hydrogen-bond acceptors (Lipinski definition) is 5. The van der Waals surface area contributed by atoms with Crippen molar-refractivity contribution in [1.29, 1.82) is 0 Å². The summed E-state index contributed by atoms with van der Waals surface area (Å²) in [5.41, 5.74) is 8.31. The third-order valence-electron chi connectivity index (χ3n) is 4.91. The maximum absolute atomic E-state index is 6.40. The molecule has 25 heavy (non-hydrogen) atoms. The number of ether oxygens (including phenoxy) is 1. The zero-order valence-corrected chi connectivity index (χ0v) is 16.2. The Hall–Kier alpha value is -1.59. The number of aromatic nitrogens is 2. The van der Waals surface area contributed by atoms with Crippen LogP contribution >= 0.6 is 12.4 Å². The maximum atomic E-state index is 6.40. The molecule has 138 valence electrons. The van der Waals surface area contributed by atoms with Gasteiger partial charge in [-0.05, 0) is 49.8 Å². The molecular weight excluding hydrogens is 338 g/mol. The van der Waals surface area contributed by atoms with Crippen LogP contribution in [-0.2, 0) is 5.54 Å². The van der Waals surface area contributed by atoms with Crippen LogP contribution in [0.4, 0.5) is 0 Å². The van der Waals surface area contributed by atoms with E-state index in [-0.39, 0.29) is 18.5 Å². The van der Waals surface area contributed by atoms with Crippen molar-refractivity contribution in [1.82, 2.24) is 10.1 Å². The summed E-state index contributed by atoms with van der Waals surface area (Å²) in [4.78, 5) is 4.52. The minimum absolute atomic E-state index is 0. The molecule has 0 aliphatic heterocycles. The van der Waals surface area contributed by atoms with Crippen LogP contribution in [0.25, 0.3) is 0 Å². The molecule has 0 bridgehead atoms. The molecule has 0 saturated heterocycles. The van der Waals surface area contributed by atoms with Gasteiger partial charge in [0.15, 0.2) is 11.9 Å². The fraction of sp³-hybridized carbons (Fsp3) is 0.579. The van der Waals surface area contributed by atoms with E-state index in [1.54, 1.807) is 0 Å². The van der Waals surface area contributed by atoms with Gasteiger partial charge in [-0.1, -0.05) is 44.0 Å². The number of benzene rings is 1. The second kappa shape index (κ2) is 7.75. The lowest BCUT2D eigenvalue weighted by Crippen LogP contribution is -2.34. The average molecular weight is 366 g/mol. The topological polar surface area (TPSA) is 74.2 Å². The smallest absolute Gasteiger partial charge is 0.267 e. The first kappa shape index (κ1) is 19.7. The number of nitrogens with two attached hydrogens (primary N) is 1. The van der Waals surface area contributed by atoms with E-state index in [2.05, 4.69) is 42.2 Å². The Morgan fingerprint density at radius 3 is 2.52 bits per heavy atom. The fourth-order valence-corrected chi connectivity index (χ4v) is 3.18. The van der Waals surface area contributed by atoms with Gasteiger partial charge >= 0.3 is 0 Å². The summed E-state index contributed by atoms with van der Waals surface area (Å²) in [6, 6.07) is 6.32. The normalized spacial score (nSPS) is 17.4. The quantitative estimate of drug-likeness (QED) is 0.824. The van der Waals surface area contributed by atoms with E-state index in [4.69, 9.17) is 15.0 Å². The number of rotatable bonds is 5. The van der Waals surface area contributed by atoms with Gasteiger partial charge in [-0.2, -0.15) is 4.98 Å². The van der Waals surface area contributed by atoms with Crippen molar-refractivity contribution < 1.29 is 9.26 Å². The third-order valence-corrected chi connectivity index (χ3v) is 4.91. The largest absolute Gasteiger partial charge is 0.481 e. The molecule has 0 spiro atoms. The first-order chi connectivity index (χ1) is 11.4. The van der Waals surface area contributed by atoms with Crippen molar-refractivity contribution in [2.24, 2.45) is 5.73 Å². The zero-order valence-electron chi connectivity index (χ0n) is 15.4. The van der Waals surface area contributed by atoms with Crippen molar-refractivity contribution in [3.63, 3.8) is 0 Å². The van der Waals surface area contributed by atoms with Crippen LogP contribution in [-0.4, -0.2) is 10.1 Å². The second-order valence-electron chi connectivity index (χ2n) is 7.26. The molecule has 6 heteroatoms. The highest BCUT2D eigenvalue weighted by Gasteiger charge is 2.36. The van der Waals surface area contributed by atoms with E-state index in [0.29, 0.717) is 17.6 Å². The summed E-state index contributed by atoms with van der Waals surface area (Å²) in [5, 5.41) is 4.11. The van der Waals surface area contributed by atoms with E-state index in [1.807, 2.05) is 13.8 Å². The predicted molar refractivity (Wildman–Crippen MR) is 100 cm³/mol. The van der Waals surface area contributed by atoms with Gasteiger partial charge in [-0.15, -0.1) is 12.4 Å². The van der Waals surface area contributed by atoms with Crippen LogP contribution in [0, 0.1) is 6.92 Å². The first-order valence-corrected chi connectivity index (χ1v) is 8.79. The standard InChI is InChI=1S/C19H27N3O2.ClH/c1-12(2)15-8-7-13(3)16(11-15)23-14(4)17-21-18(22-24-17)19(20)9-5-6-10-19;/h7-8,11-12,14H,5-6,9-10,20H2,1-4H3;1H. The van der Waals surface area contributed by atoms with Gasteiger partial charge in [0, 0.05) is 0 Å². The van der Waals surface area contributed by atoms with Crippen molar-refractivity contribution in [2.75, 3.05) is 0 Å². The van der Waals surface area contributed by atoms with E-state index in [1.165, 1.54) is 5.56 Å². The Bertz CT molecular complexity index is 708. The molecule has 1 atom stereocenters. The van der Waals surface area contributed by atoms with Gasteiger partial charge in [0.05, 0.1) is 5.54 Å². The summed E-state index contributed by atoms with van der Waals surface area (Å²) < 4.78 is 11.5. The molecule has 0 radical (unpaired) electrons. The Labute approximate surface area is 155 Å². The molecule has 0 amide bonds. The lowest BCUT2D eigenvalue weighted by molar-refractivity contribution is 0.174. The molecule has 1 aliphatic rings. The minimum atomic E-state index is -0.436. The molecule has 1 fully saturated rings. The molecule has 1 aromatic heterocycles. The molecule has 1 heterocycles. The van der Waals surface area contributed by atoms with Crippen LogP contribution in [0.2, 0.25) is 0 Å². The van der Waals surface area contributed by atoms with E-state index < -0.39 is 5.54 Å². The monoisotopic (exact) mass is 365 g/mol. The van der Waals surface area contributed by atoms with Gasteiger partial charge in [0.25, 0.3) is 5.89 Å². The number of hydrogen-bond donors (Lipinski definition) is 1.